The highest BCUT2D eigenvalue weighted by atomic mass is 35.5. The molecule has 0 fully saturated rings. The summed E-state index contributed by atoms with van der Waals surface area (Å²) < 4.78 is 0. The van der Waals surface area contributed by atoms with Crippen molar-refractivity contribution in [1.29, 1.82) is 0 Å². The molecule has 0 atom stereocenters. The zero-order valence-electron chi connectivity index (χ0n) is 9.69. The molecule has 0 saturated carbocycles. The van der Waals surface area contributed by atoms with Gasteiger partial charge in [0.15, 0.2) is 0 Å². The first-order valence-corrected chi connectivity index (χ1v) is 6.11. The maximum Gasteiger partial charge on any atom is 0.136 e. The average Bonchev–Trinajstić information content (AvgIpc) is 2.29. The van der Waals surface area contributed by atoms with Crippen LogP contribution in [0.2, 0.25) is 10.0 Å². The molecule has 0 aliphatic rings. The number of halogens is 2. The Kier molecular flexibility index (Phi) is 3.90. The normalized spacial score (nSPS) is 11.1. The Morgan fingerprint density at radius 1 is 1.06 bits per heavy atom. The van der Waals surface area contributed by atoms with Gasteiger partial charge >= 0.3 is 0 Å². The highest BCUT2D eigenvalue weighted by Crippen LogP contribution is 2.21. The molecule has 0 radical (unpaired) electrons. The van der Waals surface area contributed by atoms with Gasteiger partial charge in [-0.3, -0.25) is 0 Å². The van der Waals surface area contributed by atoms with Crippen LogP contribution in [0.3, 0.4) is 0 Å². The third-order valence-electron chi connectivity index (χ3n) is 2.41. The second-order valence-corrected chi connectivity index (χ2v) is 4.75. The second-order valence-electron chi connectivity index (χ2n) is 3.88. The standard InChI is InChI=1S/C14H11Cl2NO/c1-9-14(18)5-4-13(17-9)3-2-10-6-11(15)8-12(16)7-10/h2-8,18H,1H3/b3-2+. The molecular weight excluding hydrogens is 269 g/mol. The molecule has 0 aliphatic heterocycles. The topological polar surface area (TPSA) is 33.1 Å². The van der Waals surface area contributed by atoms with E-state index in [2.05, 4.69) is 4.98 Å². The molecule has 1 heterocycles. The zero-order valence-corrected chi connectivity index (χ0v) is 11.2. The van der Waals surface area contributed by atoms with Crippen LogP contribution in [0.15, 0.2) is 30.3 Å². The molecule has 1 N–H and O–H groups in total. The number of hydrogen-bond donors (Lipinski definition) is 1. The number of rotatable bonds is 2. The minimum Gasteiger partial charge on any atom is -0.506 e. The van der Waals surface area contributed by atoms with Gasteiger partial charge in [0.1, 0.15) is 5.75 Å². The summed E-state index contributed by atoms with van der Waals surface area (Å²) >= 11 is 11.8. The third kappa shape index (κ3) is 3.25. The smallest absolute Gasteiger partial charge is 0.136 e. The van der Waals surface area contributed by atoms with E-state index in [0.29, 0.717) is 15.7 Å². The van der Waals surface area contributed by atoms with Gasteiger partial charge in [-0.25, -0.2) is 4.98 Å². The first-order valence-electron chi connectivity index (χ1n) is 5.35. The summed E-state index contributed by atoms with van der Waals surface area (Å²) in [6.07, 6.45) is 3.71. The molecule has 1 aromatic carbocycles. The summed E-state index contributed by atoms with van der Waals surface area (Å²) in [5.74, 6) is 0.193. The molecular formula is C14H11Cl2NO. The van der Waals surface area contributed by atoms with Crippen molar-refractivity contribution >= 4 is 35.4 Å². The van der Waals surface area contributed by atoms with E-state index < -0.39 is 0 Å². The van der Waals surface area contributed by atoms with E-state index in [1.165, 1.54) is 0 Å². The summed E-state index contributed by atoms with van der Waals surface area (Å²) in [7, 11) is 0. The maximum atomic E-state index is 9.38. The van der Waals surface area contributed by atoms with E-state index in [9.17, 15) is 5.11 Å². The minimum absolute atomic E-state index is 0.193. The quantitative estimate of drug-likeness (QED) is 0.873. The lowest BCUT2D eigenvalue weighted by Crippen LogP contribution is -1.85. The van der Waals surface area contributed by atoms with Crippen molar-refractivity contribution in [2.45, 2.75) is 6.92 Å². The Bertz CT molecular complexity index is 588. The Morgan fingerprint density at radius 2 is 1.72 bits per heavy atom. The van der Waals surface area contributed by atoms with Crippen molar-refractivity contribution < 1.29 is 5.11 Å². The minimum atomic E-state index is 0.193. The SMILES string of the molecule is Cc1nc(/C=C/c2cc(Cl)cc(Cl)c2)ccc1O. The van der Waals surface area contributed by atoms with Gasteiger partial charge in [-0.2, -0.15) is 0 Å². The number of pyridine rings is 1. The first-order chi connectivity index (χ1) is 8.54. The van der Waals surface area contributed by atoms with Crippen molar-refractivity contribution in [3.8, 4) is 5.75 Å². The highest BCUT2D eigenvalue weighted by Gasteiger charge is 1.98. The molecule has 0 unspecified atom stereocenters. The molecule has 0 saturated heterocycles. The average molecular weight is 280 g/mol. The fourth-order valence-corrected chi connectivity index (χ4v) is 2.06. The number of benzene rings is 1. The lowest BCUT2D eigenvalue weighted by molar-refractivity contribution is 0.467. The van der Waals surface area contributed by atoms with Gasteiger partial charge in [-0.1, -0.05) is 29.3 Å². The fraction of sp³-hybridized carbons (Fsp3) is 0.0714. The van der Waals surface area contributed by atoms with E-state index in [-0.39, 0.29) is 5.75 Å². The van der Waals surface area contributed by atoms with E-state index >= 15 is 0 Å². The Morgan fingerprint density at radius 3 is 2.33 bits per heavy atom. The number of nitrogens with zero attached hydrogens (tertiary/aromatic N) is 1. The molecule has 2 nitrogen and oxygen atoms in total. The summed E-state index contributed by atoms with van der Waals surface area (Å²) in [6, 6.07) is 8.68. The summed E-state index contributed by atoms with van der Waals surface area (Å²) in [5, 5.41) is 10.6. The van der Waals surface area contributed by atoms with Crippen LogP contribution in [0, 0.1) is 6.92 Å². The number of aromatic nitrogens is 1. The van der Waals surface area contributed by atoms with E-state index in [1.54, 1.807) is 25.1 Å². The summed E-state index contributed by atoms with van der Waals surface area (Å²) in [5.41, 5.74) is 2.27. The van der Waals surface area contributed by atoms with Gasteiger partial charge in [0, 0.05) is 10.0 Å². The second kappa shape index (κ2) is 5.42. The van der Waals surface area contributed by atoms with Crippen molar-refractivity contribution in [2.75, 3.05) is 0 Å². The first kappa shape index (κ1) is 12.9. The number of hydrogen-bond acceptors (Lipinski definition) is 2. The van der Waals surface area contributed by atoms with Crippen molar-refractivity contribution in [3.63, 3.8) is 0 Å². The molecule has 2 rings (SSSR count). The van der Waals surface area contributed by atoms with E-state index in [4.69, 9.17) is 23.2 Å². The Balaban J connectivity index is 2.27. The predicted octanol–water partition coefficient (Wildman–Crippen LogP) is 4.57. The van der Waals surface area contributed by atoms with Gasteiger partial charge in [0.25, 0.3) is 0 Å². The molecule has 1 aromatic heterocycles. The molecule has 92 valence electrons. The highest BCUT2D eigenvalue weighted by molar-refractivity contribution is 6.34. The van der Waals surface area contributed by atoms with Crippen LogP contribution in [0.25, 0.3) is 12.2 Å². The maximum absolute atomic E-state index is 9.38. The van der Waals surface area contributed by atoms with Crippen LogP contribution in [-0.2, 0) is 0 Å². The van der Waals surface area contributed by atoms with Crippen LogP contribution in [-0.4, -0.2) is 10.1 Å². The molecule has 2 aromatic rings. The van der Waals surface area contributed by atoms with Crippen LogP contribution in [0.5, 0.6) is 5.75 Å². The number of aryl methyl sites for hydroxylation is 1. The van der Waals surface area contributed by atoms with E-state index in [0.717, 1.165) is 11.3 Å². The van der Waals surface area contributed by atoms with Crippen LogP contribution < -0.4 is 0 Å². The largest absolute Gasteiger partial charge is 0.506 e. The van der Waals surface area contributed by atoms with Crippen molar-refractivity contribution in [1.82, 2.24) is 4.98 Å². The molecule has 0 aliphatic carbocycles. The van der Waals surface area contributed by atoms with Gasteiger partial charge < -0.3 is 5.11 Å². The van der Waals surface area contributed by atoms with Crippen LogP contribution in [0.4, 0.5) is 0 Å². The van der Waals surface area contributed by atoms with Gasteiger partial charge in [-0.15, -0.1) is 0 Å². The lowest BCUT2D eigenvalue weighted by atomic mass is 10.2. The Labute approximate surface area is 116 Å². The summed E-state index contributed by atoms with van der Waals surface area (Å²) in [6.45, 7) is 1.75. The van der Waals surface area contributed by atoms with Gasteiger partial charge in [-0.05, 0) is 48.9 Å². The molecule has 0 spiro atoms. The number of aromatic hydroxyl groups is 1. The molecule has 18 heavy (non-hydrogen) atoms. The van der Waals surface area contributed by atoms with Crippen LogP contribution in [0.1, 0.15) is 17.0 Å². The zero-order chi connectivity index (χ0) is 13.1. The fourth-order valence-electron chi connectivity index (χ4n) is 1.52. The summed E-state index contributed by atoms with van der Waals surface area (Å²) in [4.78, 5) is 4.23. The van der Waals surface area contributed by atoms with Crippen LogP contribution >= 0.6 is 23.2 Å². The lowest BCUT2D eigenvalue weighted by Gasteiger charge is -2.00. The van der Waals surface area contributed by atoms with Gasteiger partial charge in [0.2, 0.25) is 0 Å². The molecule has 0 bridgehead atoms. The molecule has 0 amide bonds. The monoisotopic (exact) mass is 279 g/mol. The van der Waals surface area contributed by atoms with E-state index in [1.807, 2.05) is 24.3 Å². The molecule has 4 heteroatoms. The van der Waals surface area contributed by atoms with Crippen molar-refractivity contribution in [3.05, 3.63) is 57.3 Å². The third-order valence-corrected chi connectivity index (χ3v) is 2.85. The predicted molar refractivity (Wildman–Crippen MR) is 76.0 cm³/mol. The van der Waals surface area contributed by atoms with Crippen molar-refractivity contribution in [2.24, 2.45) is 0 Å². The Hall–Kier alpha value is -1.51. The van der Waals surface area contributed by atoms with Gasteiger partial charge in [0.05, 0.1) is 11.4 Å².